The van der Waals surface area contributed by atoms with E-state index in [4.69, 9.17) is 47.6 Å². The minimum atomic E-state index is -4.70. The van der Waals surface area contributed by atoms with Crippen LogP contribution in [0.15, 0.2) is 78.8 Å². The molecule has 0 aliphatic carbocycles. The highest BCUT2D eigenvalue weighted by molar-refractivity contribution is 7.86. The molecule has 0 fully saturated rings. The van der Waals surface area contributed by atoms with Crippen LogP contribution < -0.4 is 34.8 Å². The van der Waals surface area contributed by atoms with Crippen molar-refractivity contribution >= 4 is 149 Å². The van der Waals surface area contributed by atoms with Gasteiger partial charge in [-0.3, -0.25) is 9.11 Å². The van der Waals surface area contributed by atoms with Gasteiger partial charge in [-0.25, -0.2) is 9.97 Å². The van der Waals surface area contributed by atoms with Crippen LogP contribution in [0.1, 0.15) is 27.7 Å². The van der Waals surface area contributed by atoms with E-state index in [1.807, 2.05) is 37.5 Å². The van der Waals surface area contributed by atoms with Crippen molar-refractivity contribution in [1.82, 2.24) is 24.9 Å². The zero-order valence-corrected chi connectivity index (χ0v) is 44.5. The van der Waals surface area contributed by atoms with Crippen LogP contribution in [-0.4, -0.2) is 128 Å². The molecular weight excluding hydrogens is 1070 g/mol. The molecule has 24 nitrogen and oxygen atoms in total. The summed E-state index contributed by atoms with van der Waals surface area (Å²) in [6, 6.07) is 11.9. The molecule has 0 unspecified atom stereocenters. The number of aromatic nitrogens is 5. The van der Waals surface area contributed by atoms with Crippen molar-refractivity contribution in [2.75, 3.05) is 92.0 Å². The molecule has 73 heavy (non-hydrogen) atoms. The van der Waals surface area contributed by atoms with E-state index in [0.717, 1.165) is 34.8 Å². The quantitative estimate of drug-likeness (QED) is 0.0256. The molecule has 0 bridgehead atoms. The molecule has 0 saturated carbocycles. The van der Waals surface area contributed by atoms with Crippen molar-refractivity contribution in [3.8, 4) is 11.5 Å². The lowest BCUT2D eigenvalue weighted by Gasteiger charge is -2.25. The van der Waals surface area contributed by atoms with Gasteiger partial charge < -0.3 is 45.0 Å². The first-order valence-corrected chi connectivity index (χ1v) is 27.3. The third kappa shape index (κ3) is 12.6. The first kappa shape index (κ1) is 54.6. The van der Waals surface area contributed by atoms with Gasteiger partial charge in [-0.2, -0.15) is 31.8 Å². The Morgan fingerprint density at radius 2 is 0.973 bits per heavy atom. The molecule has 0 aliphatic heterocycles. The number of benzene rings is 4. The highest BCUT2D eigenvalue weighted by Gasteiger charge is 2.24. The van der Waals surface area contributed by atoms with Crippen molar-refractivity contribution in [3.05, 3.63) is 58.6 Å². The molecule has 0 radical (unpaired) electrons. The Kier molecular flexibility index (Phi) is 17.4. The predicted molar refractivity (Wildman–Crippen MR) is 283 cm³/mol. The zero-order chi connectivity index (χ0) is 52.8. The summed E-state index contributed by atoms with van der Waals surface area (Å²) in [5.41, 5.74) is 2.25. The maximum Gasteiger partial charge on any atom is 0.296 e. The minimum Gasteiger partial charge on any atom is -0.494 e. The Hall–Kier alpha value is -6.21. The van der Waals surface area contributed by atoms with E-state index in [1.54, 1.807) is 29.2 Å². The second-order valence-corrected chi connectivity index (χ2v) is 20.9. The van der Waals surface area contributed by atoms with Crippen LogP contribution in [0.2, 0.25) is 10.0 Å². The summed E-state index contributed by atoms with van der Waals surface area (Å²) in [5.74, 6) is 0.812. The highest BCUT2D eigenvalue weighted by Crippen LogP contribution is 2.44. The van der Waals surface area contributed by atoms with Gasteiger partial charge in [0.1, 0.15) is 43.7 Å². The van der Waals surface area contributed by atoms with Crippen molar-refractivity contribution in [2.45, 2.75) is 37.5 Å². The lowest BCUT2D eigenvalue weighted by molar-refractivity contribution is 0.280. The lowest BCUT2D eigenvalue weighted by Crippen LogP contribution is -2.31. The number of anilines is 7. The molecule has 7 rings (SSSR count). The summed E-state index contributed by atoms with van der Waals surface area (Å²) < 4.78 is 81.0. The van der Waals surface area contributed by atoms with E-state index < -0.39 is 30.0 Å². The number of nitrogens with zero attached hydrogens (tertiary/aromatic N) is 12. The summed E-state index contributed by atoms with van der Waals surface area (Å²) >= 11 is 14.3. The Bertz CT molecular complexity index is 3230. The van der Waals surface area contributed by atoms with Gasteiger partial charge in [-0.05, 0) is 64.1 Å². The standard InChI is InChI=1S/C43H48Cl2N14O10S4/c1-7-57(8-2)29-19-25(27(21-31(29)68-5)53-55-42-48-37-33(70-42)15-23(44)17-35(37)72(62,63)64)46-39-50-40(52-41(51-39)59(11-13-60)12-14-61)47-26-20-30(58(9-3)10-4)32(69-6)22-28(26)54-56-43-49-38-34(71-43)16-24(45)18-36(38)73(65,66)67/h15-22,60-61H,7-14H2,1-6H3,(H,62,63,64)(H,65,66,67)(H2,46,47,50,51,52). The van der Waals surface area contributed by atoms with Crippen LogP contribution in [0.25, 0.3) is 20.4 Å². The van der Waals surface area contributed by atoms with E-state index in [9.17, 15) is 36.2 Å². The van der Waals surface area contributed by atoms with Crippen molar-refractivity contribution < 1.29 is 45.6 Å². The third-order valence-corrected chi connectivity index (χ3v) is 14.8. The fourth-order valence-corrected chi connectivity index (χ4v) is 11.3. The third-order valence-electron chi connectivity index (χ3n) is 10.8. The topological polar surface area (TPSA) is 315 Å². The highest BCUT2D eigenvalue weighted by atomic mass is 35.5. The van der Waals surface area contributed by atoms with E-state index in [2.05, 4.69) is 41.1 Å². The van der Waals surface area contributed by atoms with Gasteiger partial charge in [-0.1, -0.05) is 45.9 Å². The summed E-state index contributed by atoms with van der Waals surface area (Å²) in [5, 5.41) is 44.6. The molecule has 0 atom stereocenters. The van der Waals surface area contributed by atoms with Gasteiger partial charge >= 0.3 is 0 Å². The Morgan fingerprint density at radius 3 is 1.32 bits per heavy atom. The number of halogens is 2. The van der Waals surface area contributed by atoms with Gasteiger partial charge in [-0.15, -0.1) is 20.5 Å². The normalized spacial score (nSPS) is 12.1. The fraction of sp³-hybridized carbons (Fsp3) is 0.326. The summed E-state index contributed by atoms with van der Waals surface area (Å²) in [7, 11) is -6.39. The monoisotopic (exact) mass is 1120 g/mol. The number of nitrogens with one attached hydrogen (secondary N) is 2. The van der Waals surface area contributed by atoms with Crippen LogP contribution in [-0.2, 0) is 20.2 Å². The number of aliphatic hydroxyl groups excluding tert-OH is 2. The Morgan fingerprint density at radius 1 is 0.575 bits per heavy atom. The first-order valence-electron chi connectivity index (χ1n) is 22.0. The fourth-order valence-electron chi connectivity index (χ4n) is 7.43. The smallest absolute Gasteiger partial charge is 0.296 e. The maximum atomic E-state index is 12.2. The molecule has 6 N–H and O–H groups in total. The number of rotatable bonds is 23. The number of hydrogen-bond acceptors (Lipinski definition) is 24. The van der Waals surface area contributed by atoms with Gasteiger partial charge in [0.05, 0.1) is 59.6 Å². The summed E-state index contributed by atoms with van der Waals surface area (Å²) in [6.07, 6.45) is 0. The van der Waals surface area contributed by atoms with Crippen molar-refractivity contribution in [2.24, 2.45) is 20.5 Å². The number of thiazole rings is 2. The average molecular weight is 1120 g/mol. The minimum absolute atomic E-state index is 0.0189. The number of azo groups is 2. The number of methoxy groups -OCH3 is 2. The van der Waals surface area contributed by atoms with E-state index in [1.165, 1.54) is 26.4 Å². The number of aliphatic hydroxyl groups is 2. The molecule has 4 aromatic carbocycles. The molecule has 0 amide bonds. The van der Waals surface area contributed by atoms with Crippen molar-refractivity contribution in [1.29, 1.82) is 0 Å². The van der Waals surface area contributed by atoms with Gasteiger partial charge in [0.2, 0.25) is 28.1 Å². The van der Waals surface area contributed by atoms with Crippen LogP contribution in [0, 0.1) is 0 Å². The molecule has 0 aliphatic rings. The maximum absolute atomic E-state index is 12.2. The summed E-state index contributed by atoms with van der Waals surface area (Å²) in [6.45, 7) is 9.67. The molecular formula is C43H48Cl2N14O10S4. The lowest BCUT2D eigenvalue weighted by atomic mass is 10.2. The number of ether oxygens (including phenoxy) is 2. The van der Waals surface area contributed by atoms with Gasteiger partial charge in [0.15, 0.2) is 0 Å². The molecule has 388 valence electrons. The second-order valence-electron chi connectivity index (χ2n) is 15.2. The van der Waals surface area contributed by atoms with Crippen LogP contribution >= 0.6 is 45.9 Å². The zero-order valence-electron chi connectivity index (χ0n) is 39.8. The Labute approximate surface area is 436 Å². The largest absolute Gasteiger partial charge is 0.494 e. The van der Waals surface area contributed by atoms with Gasteiger partial charge in [0, 0.05) is 61.4 Å². The average Bonchev–Trinajstić information content (AvgIpc) is 3.96. The van der Waals surface area contributed by atoms with Crippen molar-refractivity contribution in [3.63, 3.8) is 0 Å². The van der Waals surface area contributed by atoms with E-state index in [-0.39, 0.29) is 86.9 Å². The van der Waals surface area contributed by atoms with Crippen LogP contribution in [0.4, 0.5) is 62.2 Å². The number of fused-ring (bicyclic) bond motifs is 2. The first-order chi connectivity index (χ1) is 34.8. The van der Waals surface area contributed by atoms with Crippen LogP contribution in [0.3, 0.4) is 0 Å². The summed E-state index contributed by atoms with van der Waals surface area (Å²) in [4.78, 5) is 27.5. The molecule has 30 heteroatoms. The Balaban J connectivity index is 1.38. The molecule has 0 spiro atoms. The predicted octanol–water partition coefficient (Wildman–Crippen LogP) is 9.71. The molecule has 7 aromatic rings. The number of hydrogen-bond donors (Lipinski definition) is 6. The van der Waals surface area contributed by atoms with E-state index in [0.29, 0.717) is 69.8 Å². The molecule has 3 aromatic heterocycles. The van der Waals surface area contributed by atoms with Gasteiger partial charge in [0.25, 0.3) is 20.2 Å². The SMILES string of the molecule is CCN(CC)c1cc(Nc2nc(Nc3cc(N(CC)CC)c(OC)cc3N=Nc3nc4c(S(=O)(=O)O)cc(Cl)cc4s3)nc(N(CCO)CCO)n2)c(N=Nc2nc3c(S(=O)(=O)O)cc(Cl)cc3s2)cc1OC. The molecule has 0 saturated heterocycles. The van der Waals surface area contributed by atoms with Crippen LogP contribution in [0.5, 0.6) is 11.5 Å². The van der Waals surface area contributed by atoms with E-state index >= 15 is 0 Å². The molecule has 3 heterocycles. The second kappa shape index (κ2) is 23.3.